The summed E-state index contributed by atoms with van der Waals surface area (Å²) in [5.41, 5.74) is 3.14. The molecule has 29 heavy (non-hydrogen) atoms. The van der Waals surface area contributed by atoms with Crippen LogP contribution in [0.2, 0.25) is 0 Å². The number of aryl methyl sites for hydroxylation is 2. The monoisotopic (exact) mass is 403 g/mol. The molecule has 9 heteroatoms. The third-order valence-electron chi connectivity index (χ3n) is 5.16. The number of nitrogens with zero attached hydrogens (tertiary/aromatic N) is 1. The van der Waals surface area contributed by atoms with Crippen LogP contribution < -0.4 is 15.5 Å². The van der Waals surface area contributed by atoms with Crippen LogP contribution in [0, 0.1) is 13.8 Å². The van der Waals surface area contributed by atoms with Gasteiger partial charge in [0.25, 0.3) is 11.8 Å². The fourth-order valence-electron chi connectivity index (χ4n) is 3.56. The number of esters is 1. The van der Waals surface area contributed by atoms with Crippen molar-refractivity contribution in [2.75, 3.05) is 13.2 Å². The molecule has 3 rings (SSSR count). The normalized spacial score (nSPS) is 17.8. The predicted octanol–water partition coefficient (Wildman–Crippen LogP) is 1.51. The second-order valence-corrected chi connectivity index (χ2v) is 7.47. The Balaban J connectivity index is 1.46. The predicted molar refractivity (Wildman–Crippen MR) is 102 cm³/mol. The van der Waals surface area contributed by atoms with E-state index in [1.165, 1.54) is 0 Å². The highest BCUT2D eigenvalue weighted by molar-refractivity contribution is 6.08. The van der Waals surface area contributed by atoms with E-state index in [0.29, 0.717) is 23.6 Å². The van der Waals surface area contributed by atoms with Gasteiger partial charge in [-0.2, -0.15) is 5.01 Å². The van der Waals surface area contributed by atoms with Gasteiger partial charge < -0.3 is 14.8 Å². The molecule has 9 nitrogen and oxygen atoms in total. The summed E-state index contributed by atoms with van der Waals surface area (Å²) in [6.45, 7) is 2.77. The number of benzene rings is 1. The highest BCUT2D eigenvalue weighted by Gasteiger charge is 2.52. The number of carbonyl (C=O) groups excluding carboxylic acids is 4. The molecule has 1 aliphatic carbocycles. The molecule has 0 unspecified atom stereocenters. The summed E-state index contributed by atoms with van der Waals surface area (Å²) in [5.74, 6) is -1.42. The Hall–Kier alpha value is -3.10. The van der Waals surface area contributed by atoms with E-state index in [1.807, 2.05) is 26.0 Å². The maximum atomic E-state index is 12.6. The minimum absolute atomic E-state index is 0.357. The number of urea groups is 1. The zero-order valence-corrected chi connectivity index (χ0v) is 16.6. The highest BCUT2D eigenvalue weighted by atomic mass is 16.6. The summed E-state index contributed by atoms with van der Waals surface area (Å²) in [6, 6.07) is 4.93. The summed E-state index contributed by atoms with van der Waals surface area (Å²) >= 11 is 0. The first-order valence-electron chi connectivity index (χ1n) is 9.63. The molecule has 156 valence electrons. The van der Waals surface area contributed by atoms with Gasteiger partial charge in [-0.05, 0) is 43.9 Å². The number of imide groups is 1. The second kappa shape index (κ2) is 8.50. The van der Waals surface area contributed by atoms with Gasteiger partial charge in [-0.15, -0.1) is 0 Å². The number of rotatable bonds is 6. The van der Waals surface area contributed by atoms with Crippen LogP contribution >= 0.6 is 0 Å². The van der Waals surface area contributed by atoms with Crippen molar-refractivity contribution in [2.45, 2.75) is 51.5 Å². The molecule has 1 saturated carbocycles. The fraction of sp³-hybridized carbons (Fsp3) is 0.500. The molecule has 1 aliphatic heterocycles. The lowest BCUT2D eigenvalue weighted by molar-refractivity contribution is -0.152. The van der Waals surface area contributed by atoms with E-state index in [2.05, 4.69) is 10.7 Å². The Labute approximate surface area is 168 Å². The van der Waals surface area contributed by atoms with Crippen LogP contribution in [0.5, 0.6) is 5.75 Å². The van der Waals surface area contributed by atoms with Gasteiger partial charge >= 0.3 is 12.0 Å². The standard InChI is InChI=1S/C20H25N3O6/c1-13-6-7-14(2)15(10-13)28-12-17(25)29-11-16(24)22-23-18(26)20(21-19(23)27)8-4-3-5-9-20/h6-7,10H,3-5,8-9,11-12H2,1-2H3,(H,21,27)(H,22,24). The van der Waals surface area contributed by atoms with Crippen LogP contribution in [-0.2, 0) is 19.1 Å². The van der Waals surface area contributed by atoms with Crippen molar-refractivity contribution in [1.82, 2.24) is 15.8 Å². The molecule has 1 aromatic rings. The Kier molecular flexibility index (Phi) is 6.05. The van der Waals surface area contributed by atoms with Crippen molar-refractivity contribution in [2.24, 2.45) is 0 Å². The van der Waals surface area contributed by atoms with Gasteiger partial charge in [0.2, 0.25) is 0 Å². The summed E-state index contributed by atoms with van der Waals surface area (Å²) in [5, 5.41) is 3.36. The molecule has 2 N–H and O–H groups in total. The second-order valence-electron chi connectivity index (χ2n) is 7.47. The van der Waals surface area contributed by atoms with Crippen LogP contribution in [0.25, 0.3) is 0 Å². The summed E-state index contributed by atoms with van der Waals surface area (Å²) in [7, 11) is 0. The Morgan fingerprint density at radius 2 is 1.86 bits per heavy atom. The Bertz CT molecular complexity index is 832. The van der Waals surface area contributed by atoms with Gasteiger partial charge in [-0.1, -0.05) is 31.4 Å². The van der Waals surface area contributed by atoms with E-state index >= 15 is 0 Å². The molecule has 0 aromatic heterocycles. The minimum Gasteiger partial charge on any atom is -0.482 e. The van der Waals surface area contributed by atoms with E-state index in [-0.39, 0.29) is 6.61 Å². The van der Waals surface area contributed by atoms with Crippen molar-refractivity contribution < 1.29 is 28.7 Å². The average Bonchev–Trinajstić information content (AvgIpc) is 2.91. The van der Waals surface area contributed by atoms with Crippen molar-refractivity contribution in [3.8, 4) is 5.75 Å². The molecule has 1 heterocycles. The fourth-order valence-corrected chi connectivity index (χ4v) is 3.56. The van der Waals surface area contributed by atoms with Crippen LogP contribution in [0.15, 0.2) is 18.2 Å². The lowest BCUT2D eigenvalue weighted by Crippen LogP contribution is -2.51. The first-order chi connectivity index (χ1) is 13.8. The van der Waals surface area contributed by atoms with E-state index in [4.69, 9.17) is 9.47 Å². The van der Waals surface area contributed by atoms with E-state index in [0.717, 1.165) is 30.4 Å². The quantitative estimate of drug-likeness (QED) is 0.550. The van der Waals surface area contributed by atoms with Gasteiger partial charge in [-0.25, -0.2) is 9.59 Å². The Morgan fingerprint density at radius 3 is 2.59 bits per heavy atom. The number of hydrazine groups is 1. The zero-order chi connectivity index (χ0) is 21.0. The number of hydrogen-bond acceptors (Lipinski definition) is 6. The van der Waals surface area contributed by atoms with E-state index < -0.39 is 36.0 Å². The minimum atomic E-state index is -0.932. The average molecular weight is 403 g/mol. The van der Waals surface area contributed by atoms with Crippen molar-refractivity contribution in [3.63, 3.8) is 0 Å². The number of carbonyl (C=O) groups is 4. The maximum absolute atomic E-state index is 12.6. The summed E-state index contributed by atoms with van der Waals surface area (Å²) in [6.07, 6.45) is 3.79. The Morgan fingerprint density at radius 1 is 1.14 bits per heavy atom. The number of amides is 4. The number of hydrogen-bond donors (Lipinski definition) is 2. The van der Waals surface area contributed by atoms with Crippen molar-refractivity contribution >= 4 is 23.8 Å². The molecule has 2 fully saturated rings. The molecule has 1 aromatic carbocycles. The SMILES string of the molecule is Cc1ccc(C)c(OCC(=O)OCC(=O)NN2C(=O)NC3(CCCCC3)C2=O)c1. The summed E-state index contributed by atoms with van der Waals surface area (Å²) < 4.78 is 10.3. The van der Waals surface area contributed by atoms with Gasteiger partial charge in [0.15, 0.2) is 13.2 Å². The first-order valence-corrected chi connectivity index (χ1v) is 9.63. The zero-order valence-electron chi connectivity index (χ0n) is 16.6. The smallest absolute Gasteiger partial charge is 0.344 e. The van der Waals surface area contributed by atoms with Gasteiger partial charge in [-0.3, -0.25) is 15.0 Å². The molecule has 0 radical (unpaired) electrons. The van der Waals surface area contributed by atoms with E-state index in [1.54, 1.807) is 6.07 Å². The topological polar surface area (TPSA) is 114 Å². The lowest BCUT2D eigenvalue weighted by Gasteiger charge is -2.30. The molecular weight excluding hydrogens is 378 g/mol. The van der Waals surface area contributed by atoms with Crippen LogP contribution in [0.4, 0.5) is 4.79 Å². The molecule has 1 saturated heterocycles. The van der Waals surface area contributed by atoms with Gasteiger partial charge in [0.05, 0.1) is 0 Å². The molecule has 0 atom stereocenters. The van der Waals surface area contributed by atoms with Crippen LogP contribution in [0.3, 0.4) is 0 Å². The molecular formula is C20H25N3O6. The third kappa shape index (κ3) is 4.67. The van der Waals surface area contributed by atoms with Gasteiger partial charge in [0.1, 0.15) is 11.3 Å². The largest absolute Gasteiger partial charge is 0.482 e. The van der Waals surface area contributed by atoms with Crippen molar-refractivity contribution in [3.05, 3.63) is 29.3 Å². The molecule has 1 spiro atoms. The number of nitrogens with one attached hydrogen (secondary N) is 2. The maximum Gasteiger partial charge on any atom is 0.344 e. The highest BCUT2D eigenvalue weighted by Crippen LogP contribution is 2.32. The van der Waals surface area contributed by atoms with Crippen LogP contribution in [0.1, 0.15) is 43.2 Å². The lowest BCUT2D eigenvalue weighted by atomic mass is 9.82. The molecule has 4 amide bonds. The van der Waals surface area contributed by atoms with Crippen molar-refractivity contribution in [1.29, 1.82) is 0 Å². The molecule has 2 aliphatic rings. The molecule has 0 bridgehead atoms. The van der Waals surface area contributed by atoms with Crippen LogP contribution in [-0.4, -0.2) is 47.6 Å². The van der Waals surface area contributed by atoms with E-state index in [9.17, 15) is 19.2 Å². The first kappa shape index (κ1) is 20.6. The number of ether oxygens (including phenoxy) is 2. The third-order valence-corrected chi connectivity index (χ3v) is 5.16. The summed E-state index contributed by atoms with van der Waals surface area (Å²) in [4.78, 5) is 48.6. The van der Waals surface area contributed by atoms with Gasteiger partial charge in [0, 0.05) is 0 Å².